The van der Waals surface area contributed by atoms with Gasteiger partial charge < -0.3 is 9.30 Å². The van der Waals surface area contributed by atoms with Crippen molar-refractivity contribution in [3.05, 3.63) is 100 Å². The monoisotopic (exact) mass is 453 g/mol. The molecule has 2 heterocycles. The molecule has 1 amide bonds. The van der Waals surface area contributed by atoms with Gasteiger partial charge in [-0.25, -0.2) is 4.98 Å². The summed E-state index contributed by atoms with van der Waals surface area (Å²) < 4.78 is 2.95. The van der Waals surface area contributed by atoms with Gasteiger partial charge in [0.2, 0.25) is 0 Å². The molecule has 26 heavy (non-hydrogen) atoms. The molecule has 0 N–H and O–H groups in total. The zero-order valence-corrected chi connectivity index (χ0v) is 16.1. The third-order valence-electron chi connectivity index (χ3n) is 4.23. The molecule has 4 rings (SSSR count). The topological polar surface area (TPSA) is 37.6 Å². The summed E-state index contributed by atoms with van der Waals surface area (Å²) in [6, 6.07) is 23.3. The maximum Gasteiger partial charge on any atom is 0.259 e. The van der Waals surface area contributed by atoms with Crippen LogP contribution in [-0.4, -0.2) is 15.3 Å². The van der Waals surface area contributed by atoms with E-state index >= 15 is 0 Å². The summed E-state index contributed by atoms with van der Waals surface area (Å²) in [5.74, 6) is -0.0212. The minimum atomic E-state index is -0.0212. The lowest BCUT2D eigenvalue weighted by molar-refractivity contribution is 0.0984. The van der Waals surface area contributed by atoms with E-state index in [0.29, 0.717) is 12.1 Å². The van der Waals surface area contributed by atoms with E-state index < -0.39 is 0 Å². The third-order valence-corrected chi connectivity index (χ3v) is 5.17. The molecule has 0 spiro atoms. The fourth-order valence-corrected chi connectivity index (χ4v) is 3.55. The Balaban J connectivity index is 1.77. The van der Waals surface area contributed by atoms with Crippen LogP contribution in [0.1, 0.15) is 16.1 Å². The van der Waals surface area contributed by atoms with Gasteiger partial charge in [-0.2, -0.15) is 0 Å². The van der Waals surface area contributed by atoms with Crippen LogP contribution in [-0.2, 0) is 6.54 Å². The SMILES string of the molecule is O=C(c1ccccc1I)N(Cc1cnc2ccccn12)c1ccccc1. The molecule has 2 aromatic heterocycles. The Bertz CT molecular complexity index is 1060. The van der Waals surface area contributed by atoms with E-state index in [1.807, 2.05) is 89.6 Å². The van der Waals surface area contributed by atoms with Gasteiger partial charge in [0.1, 0.15) is 5.65 Å². The van der Waals surface area contributed by atoms with Crippen LogP contribution < -0.4 is 4.90 Å². The zero-order chi connectivity index (χ0) is 17.9. The van der Waals surface area contributed by atoms with Gasteiger partial charge in [-0.05, 0) is 59.0 Å². The van der Waals surface area contributed by atoms with E-state index in [0.717, 1.165) is 20.6 Å². The number of fused-ring (bicyclic) bond motifs is 1. The standard InChI is InChI=1S/C21H16IN3O/c22-19-11-5-4-10-18(19)21(26)25(16-8-2-1-3-9-16)15-17-14-23-20-12-6-7-13-24(17)20/h1-14H,15H2. The second-order valence-corrected chi connectivity index (χ2v) is 7.05. The van der Waals surface area contributed by atoms with Crippen molar-refractivity contribution in [3.63, 3.8) is 0 Å². The number of para-hydroxylation sites is 1. The van der Waals surface area contributed by atoms with Gasteiger partial charge in [-0.1, -0.05) is 36.4 Å². The van der Waals surface area contributed by atoms with Gasteiger partial charge in [-0.3, -0.25) is 4.79 Å². The molecular weight excluding hydrogens is 437 g/mol. The first-order chi connectivity index (χ1) is 12.7. The molecule has 4 aromatic rings. The highest BCUT2D eigenvalue weighted by molar-refractivity contribution is 14.1. The molecule has 0 fully saturated rings. The summed E-state index contributed by atoms with van der Waals surface area (Å²) in [6.45, 7) is 0.443. The number of aromatic nitrogens is 2. The number of carbonyl (C=O) groups excluding carboxylic acids is 1. The summed E-state index contributed by atoms with van der Waals surface area (Å²) in [4.78, 5) is 19.6. The van der Waals surface area contributed by atoms with Crippen molar-refractivity contribution in [2.75, 3.05) is 4.90 Å². The Kier molecular flexibility index (Phi) is 4.71. The molecule has 5 heteroatoms. The molecule has 0 saturated carbocycles. The number of halogens is 1. The lowest BCUT2D eigenvalue weighted by Crippen LogP contribution is -2.31. The van der Waals surface area contributed by atoms with Crippen molar-refractivity contribution in [1.82, 2.24) is 9.38 Å². The first kappa shape index (κ1) is 16.8. The van der Waals surface area contributed by atoms with E-state index in [9.17, 15) is 4.79 Å². The Hall–Kier alpha value is -2.67. The maximum absolute atomic E-state index is 13.3. The number of hydrogen-bond donors (Lipinski definition) is 0. The fourth-order valence-electron chi connectivity index (χ4n) is 2.93. The molecule has 128 valence electrons. The summed E-state index contributed by atoms with van der Waals surface area (Å²) >= 11 is 2.21. The highest BCUT2D eigenvalue weighted by Crippen LogP contribution is 2.22. The number of hydrogen-bond acceptors (Lipinski definition) is 2. The van der Waals surface area contributed by atoms with Crippen molar-refractivity contribution >= 4 is 39.8 Å². The van der Waals surface area contributed by atoms with Crippen LogP contribution in [0.15, 0.2) is 85.2 Å². The van der Waals surface area contributed by atoms with E-state index in [1.165, 1.54) is 0 Å². The Morgan fingerprint density at radius 1 is 0.962 bits per heavy atom. The predicted octanol–water partition coefficient (Wildman–Crippen LogP) is 4.79. The quantitative estimate of drug-likeness (QED) is 0.417. The summed E-state index contributed by atoms with van der Waals surface area (Å²) in [7, 11) is 0. The van der Waals surface area contributed by atoms with Crippen LogP contribution >= 0.6 is 22.6 Å². The van der Waals surface area contributed by atoms with Gasteiger partial charge in [0, 0.05) is 15.5 Å². The molecule has 4 nitrogen and oxygen atoms in total. The number of imidazole rings is 1. The average molecular weight is 453 g/mol. The smallest absolute Gasteiger partial charge is 0.259 e. The molecule has 0 aliphatic carbocycles. The largest absolute Gasteiger partial charge is 0.302 e. The molecular formula is C21H16IN3O. The highest BCUT2D eigenvalue weighted by Gasteiger charge is 2.21. The highest BCUT2D eigenvalue weighted by atomic mass is 127. The molecule has 0 unspecified atom stereocenters. The van der Waals surface area contributed by atoms with Crippen molar-refractivity contribution in [1.29, 1.82) is 0 Å². The Labute approximate surface area is 165 Å². The number of benzene rings is 2. The lowest BCUT2D eigenvalue weighted by Gasteiger charge is -2.23. The number of rotatable bonds is 4. The molecule has 0 aliphatic heterocycles. The van der Waals surface area contributed by atoms with Crippen molar-refractivity contribution in [2.45, 2.75) is 6.54 Å². The molecule has 2 aromatic carbocycles. The zero-order valence-electron chi connectivity index (χ0n) is 13.9. The summed E-state index contributed by atoms with van der Waals surface area (Å²) in [5.41, 5.74) is 3.40. The van der Waals surface area contributed by atoms with Gasteiger partial charge in [-0.15, -0.1) is 0 Å². The van der Waals surface area contributed by atoms with Crippen LogP contribution in [0.5, 0.6) is 0 Å². The summed E-state index contributed by atoms with van der Waals surface area (Å²) in [6.07, 6.45) is 3.80. The summed E-state index contributed by atoms with van der Waals surface area (Å²) in [5, 5.41) is 0. The van der Waals surface area contributed by atoms with Gasteiger partial charge in [0.05, 0.1) is 24.0 Å². The van der Waals surface area contributed by atoms with E-state index in [4.69, 9.17) is 0 Å². The lowest BCUT2D eigenvalue weighted by atomic mass is 10.1. The van der Waals surface area contributed by atoms with Crippen molar-refractivity contribution in [3.8, 4) is 0 Å². The van der Waals surface area contributed by atoms with Crippen molar-refractivity contribution in [2.24, 2.45) is 0 Å². The molecule has 0 atom stereocenters. The van der Waals surface area contributed by atoms with Gasteiger partial charge in [0.25, 0.3) is 5.91 Å². The molecule has 0 aliphatic rings. The van der Waals surface area contributed by atoms with Crippen LogP contribution in [0.2, 0.25) is 0 Å². The molecule has 0 radical (unpaired) electrons. The van der Waals surface area contributed by atoms with Gasteiger partial charge >= 0.3 is 0 Å². The van der Waals surface area contributed by atoms with E-state index in [-0.39, 0.29) is 5.91 Å². The first-order valence-electron chi connectivity index (χ1n) is 8.26. The predicted molar refractivity (Wildman–Crippen MR) is 111 cm³/mol. The molecule has 0 saturated heterocycles. The second-order valence-electron chi connectivity index (χ2n) is 5.89. The number of pyridine rings is 1. The third kappa shape index (κ3) is 3.22. The molecule has 0 bridgehead atoms. The van der Waals surface area contributed by atoms with E-state index in [1.54, 1.807) is 4.90 Å². The normalized spacial score (nSPS) is 10.8. The maximum atomic E-state index is 13.3. The number of nitrogens with zero attached hydrogens (tertiary/aromatic N) is 3. The van der Waals surface area contributed by atoms with Crippen LogP contribution in [0, 0.1) is 3.57 Å². The number of anilines is 1. The van der Waals surface area contributed by atoms with E-state index in [2.05, 4.69) is 27.6 Å². The number of carbonyl (C=O) groups is 1. The minimum Gasteiger partial charge on any atom is -0.302 e. The fraction of sp³-hybridized carbons (Fsp3) is 0.0476. The second kappa shape index (κ2) is 7.29. The van der Waals surface area contributed by atoms with Gasteiger partial charge in [0.15, 0.2) is 0 Å². The minimum absolute atomic E-state index is 0.0212. The van der Waals surface area contributed by atoms with Crippen LogP contribution in [0.3, 0.4) is 0 Å². The first-order valence-corrected chi connectivity index (χ1v) is 9.34. The van der Waals surface area contributed by atoms with Crippen LogP contribution in [0.25, 0.3) is 5.65 Å². The number of amides is 1. The Morgan fingerprint density at radius 2 is 1.69 bits per heavy atom. The van der Waals surface area contributed by atoms with Crippen LogP contribution in [0.4, 0.5) is 5.69 Å². The Morgan fingerprint density at radius 3 is 2.50 bits per heavy atom. The van der Waals surface area contributed by atoms with Crippen molar-refractivity contribution < 1.29 is 4.79 Å². The average Bonchev–Trinajstić information content (AvgIpc) is 3.10.